The lowest BCUT2D eigenvalue weighted by atomic mass is 10.0. The Kier molecular flexibility index (Phi) is 6.28. The highest BCUT2D eigenvalue weighted by Gasteiger charge is 2.37. The minimum atomic E-state index is -0.112. The van der Waals surface area contributed by atoms with Crippen molar-refractivity contribution in [2.75, 3.05) is 24.5 Å². The van der Waals surface area contributed by atoms with E-state index in [1.54, 1.807) is 6.07 Å². The molecule has 1 atom stereocenters. The number of anilines is 1. The first-order chi connectivity index (χ1) is 14.6. The van der Waals surface area contributed by atoms with Gasteiger partial charge in [-0.25, -0.2) is 0 Å². The molecular weight excluding hydrogens is 398 g/mol. The van der Waals surface area contributed by atoms with Gasteiger partial charge in [-0.2, -0.15) is 0 Å². The maximum absolute atomic E-state index is 13.1. The fourth-order valence-corrected chi connectivity index (χ4v) is 4.64. The molecule has 1 fully saturated rings. The monoisotopic (exact) mass is 425 g/mol. The van der Waals surface area contributed by atoms with Crippen LogP contribution in [0.2, 0.25) is 5.02 Å². The van der Waals surface area contributed by atoms with E-state index in [0.29, 0.717) is 22.7 Å². The van der Waals surface area contributed by atoms with Crippen LogP contribution in [0.15, 0.2) is 42.5 Å². The normalized spacial score (nSPS) is 18.5. The van der Waals surface area contributed by atoms with Gasteiger partial charge in [0, 0.05) is 30.2 Å². The number of nitrogens with one attached hydrogen (secondary N) is 1. The Morgan fingerprint density at radius 3 is 2.70 bits per heavy atom. The molecule has 0 aromatic heterocycles. The minimum Gasteiger partial charge on any atom is -0.352 e. The smallest absolute Gasteiger partial charge is 0.257 e. The van der Waals surface area contributed by atoms with E-state index in [4.69, 9.17) is 11.6 Å². The Hall–Kier alpha value is -2.53. The largest absolute Gasteiger partial charge is 0.352 e. The molecule has 0 aliphatic carbocycles. The number of halogens is 1. The summed E-state index contributed by atoms with van der Waals surface area (Å²) in [6, 6.07) is 13.1. The summed E-state index contributed by atoms with van der Waals surface area (Å²) in [6.07, 6.45) is 5.17. The van der Waals surface area contributed by atoms with E-state index in [9.17, 15) is 9.59 Å². The number of carbonyl (C=O) groups is 2. The van der Waals surface area contributed by atoms with Gasteiger partial charge in [-0.15, -0.1) is 0 Å². The van der Waals surface area contributed by atoms with Gasteiger partial charge in [-0.05, 0) is 68.5 Å². The predicted octanol–water partition coefficient (Wildman–Crippen LogP) is 4.49. The second-order valence-electron chi connectivity index (χ2n) is 7.98. The molecule has 2 aromatic rings. The number of hydrogen-bond acceptors (Lipinski definition) is 3. The number of rotatable bonds is 5. The van der Waals surface area contributed by atoms with E-state index >= 15 is 0 Å². The first-order valence-corrected chi connectivity index (χ1v) is 11.2. The summed E-state index contributed by atoms with van der Waals surface area (Å²) in [7, 11) is 0. The molecule has 0 saturated carbocycles. The summed E-state index contributed by atoms with van der Waals surface area (Å²) in [6.45, 7) is 4.28. The van der Waals surface area contributed by atoms with Gasteiger partial charge in [0.1, 0.15) is 6.17 Å². The van der Waals surface area contributed by atoms with Crippen LogP contribution in [-0.2, 0) is 6.42 Å². The number of carbonyl (C=O) groups excluding carboxylic acids is 2. The second kappa shape index (κ2) is 9.09. The first kappa shape index (κ1) is 20.7. The van der Waals surface area contributed by atoms with Crippen molar-refractivity contribution in [3.8, 4) is 0 Å². The van der Waals surface area contributed by atoms with Gasteiger partial charge < -0.3 is 15.1 Å². The molecule has 2 aromatic carbocycles. The summed E-state index contributed by atoms with van der Waals surface area (Å²) < 4.78 is 0. The molecule has 6 heteroatoms. The number of hydrogen-bond donors (Lipinski definition) is 1. The zero-order valence-electron chi connectivity index (χ0n) is 17.4. The van der Waals surface area contributed by atoms with Crippen molar-refractivity contribution in [3.63, 3.8) is 0 Å². The van der Waals surface area contributed by atoms with E-state index in [0.717, 1.165) is 56.4 Å². The average molecular weight is 426 g/mol. The zero-order chi connectivity index (χ0) is 21.1. The van der Waals surface area contributed by atoms with E-state index in [-0.39, 0.29) is 18.0 Å². The van der Waals surface area contributed by atoms with Crippen LogP contribution < -0.4 is 10.2 Å². The maximum atomic E-state index is 13.1. The van der Waals surface area contributed by atoms with E-state index in [1.807, 2.05) is 41.3 Å². The second-order valence-corrected chi connectivity index (χ2v) is 8.42. The van der Waals surface area contributed by atoms with Crippen LogP contribution >= 0.6 is 11.6 Å². The van der Waals surface area contributed by atoms with Crippen LogP contribution in [0, 0.1) is 0 Å². The Bertz CT molecular complexity index is 929. The third kappa shape index (κ3) is 4.17. The molecular formula is C24H28ClN3O2. The molecule has 1 N–H and O–H groups in total. The molecule has 4 rings (SSSR count). The highest BCUT2D eigenvalue weighted by atomic mass is 35.5. The molecule has 2 amide bonds. The third-order valence-corrected chi connectivity index (χ3v) is 6.35. The van der Waals surface area contributed by atoms with Crippen molar-refractivity contribution < 1.29 is 9.59 Å². The summed E-state index contributed by atoms with van der Waals surface area (Å²) >= 11 is 5.92. The molecule has 0 radical (unpaired) electrons. The fraction of sp³-hybridized carbons (Fsp3) is 0.417. The maximum Gasteiger partial charge on any atom is 0.257 e. The van der Waals surface area contributed by atoms with Crippen LogP contribution in [0.5, 0.6) is 0 Å². The Balaban J connectivity index is 1.49. The zero-order valence-corrected chi connectivity index (χ0v) is 18.1. The van der Waals surface area contributed by atoms with Crippen LogP contribution in [0.4, 0.5) is 5.69 Å². The summed E-state index contributed by atoms with van der Waals surface area (Å²) in [5.74, 6) is -0.0186. The lowest BCUT2D eigenvalue weighted by molar-refractivity contribution is 0.0656. The Labute approximate surface area is 183 Å². The molecule has 5 nitrogen and oxygen atoms in total. The average Bonchev–Trinajstić information content (AvgIpc) is 3.01. The number of amides is 2. The molecule has 0 bridgehead atoms. The van der Waals surface area contributed by atoms with Crippen molar-refractivity contribution in [2.24, 2.45) is 0 Å². The number of nitrogens with zero attached hydrogens (tertiary/aromatic N) is 2. The van der Waals surface area contributed by atoms with E-state index in [2.05, 4.69) is 17.1 Å². The van der Waals surface area contributed by atoms with Gasteiger partial charge in [0.05, 0.1) is 11.3 Å². The number of fused-ring (bicyclic) bond motifs is 2. The molecule has 1 unspecified atom stereocenters. The summed E-state index contributed by atoms with van der Waals surface area (Å²) in [5, 5.41) is 3.70. The molecule has 30 heavy (non-hydrogen) atoms. The fourth-order valence-electron chi connectivity index (χ4n) is 4.51. The van der Waals surface area contributed by atoms with Gasteiger partial charge in [0.2, 0.25) is 0 Å². The van der Waals surface area contributed by atoms with Crippen molar-refractivity contribution in [3.05, 3.63) is 64.2 Å². The molecule has 2 heterocycles. The molecule has 2 aliphatic heterocycles. The molecule has 158 valence electrons. The van der Waals surface area contributed by atoms with Crippen LogP contribution in [0.25, 0.3) is 0 Å². The lowest BCUT2D eigenvalue weighted by Gasteiger charge is -2.44. The third-order valence-electron chi connectivity index (χ3n) is 6.09. The minimum absolute atomic E-state index is 0.0938. The van der Waals surface area contributed by atoms with Crippen molar-refractivity contribution >= 4 is 29.1 Å². The molecule has 0 spiro atoms. The van der Waals surface area contributed by atoms with Gasteiger partial charge in [0.25, 0.3) is 11.8 Å². The Morgan fingerprint density at radius 1 is 1.13 bits per heavy atom. The van der Waals surface area contributed by atoms with Gasteiger partial charge >= 0.3 is 0 Å². The van der Waals surface area contributed by atoms with Gasteiger partial charge in [0.15, 0.2) is 0 Å². The highest BCUT2D eigenvalue weighted by Crippen LogP contribution is 2.35. The highest BCUT2D eigenvalue weighted by molar-refractivity contribution is 6.30. The van der Waals surface area contributed by atoms with Crippen LogP contribution in [0.3, 0.4) is 0 Å². The van der Waals surface area contributed by atoms with Gasteiger partial charge in [-0.3, -0.25) is 9.59 Å². The van der Waals surface area contributed by atoms with Crippen molar-refractivity contribution in [2.45, 2.75) is 45.2 Å². The number of benzene rings is 2. The molecule has 1 saturated heterocycles. The van der Waals surface area contributed by atoms with Crippen molar-refractivity contribution in [1.29, 1.82) is 0 Å². The quantitative estimate of drug-likeness (QED) is 0.767. The Morgan fingerprint density at radius 2 is 1.93 bits per heavy atom. The molecule has 2 aliphatic rings. The predicted molar refractivity (Wildman–Crippen MR) is 120 cm³/mol. The van der Waals surface area contributed by atoms with E-state index in [1.165, 1.54) is 0 Å². The van der Waals surface area contributed by atoms with Gasteiger partial charge in [-0.1, -0.05) is 30.2 Å². The summed E-state index contributed by atoms with van der Waals surface area (Å²) in [4.78, 5) is 30.1. The van der Waals surface area contributed by atoms with Crippen LogP contribution in [-0.4, -0.2) is 42.5 Å². The van der Waals surface area contributed by atoms with Crippen LogP contribution in [0.1, 0.15) is 58.9 Å². The van der Waals surface area contributed by atoms with E-state index < -0.39 is 0 Å². The standard InChI is InChI=1S/C24H28ClN3O2/c1-2-27-21-16-18(23(29)26-14-13-17-7-10-19(25)11-8-17)9-12-20(21)24(30)28-15-5-3-4-6-22(27)28/h7-12,16,22H,2-6,13-15H2,1H3,(H,26,29). The summed E-state index contributed by atoms with van der Waals surface area (Å²) in [5.41, 5.74) is 3.31. The SMILES string of the molecule is CCN1c2cc(C(=O)NCCc3ccc(Cl)cc3)ccc2C(=O)N2CCCCCC21. The first-order valence-electron chi connectivity index (χ1n) is 10.8. The topological polar surface area (TPSA) is 52.7 Å². The lowest BCUT2D eigenvalue weighted by Crippen LogP contribution is -2.55. The van der Waals surface area contributed by atoms with Crippen molar-refractivity contribution in [1.82, 2.24) is 10.2 Å².